The van der Waals surface area contributed by atoms with Crippen molar-refractivity contribution < 1.29 is 9.53 Å². The number of aryl methyl sites for hydroxylation is 1. The molecule has 2 aromatic rings. The maximum Gasteiger partial charge on any atom is 0.264 e. The van der Waals surface area contributed by atoms with Crippen molar-refractivity contribution in [3.63, 3.8) is 0 Å². The summed E-state index contributed by atoms with van der Waals surface area (Å²) < 4.78 is 6.13. The molecule has 3 rings (SSSR count). The number of methoxy groups -OCH3 is 1. The number of amides is 1. The molecular weight excluding hydrogens is 424 g/mol. The van der Waals surface area contributed by atoms with Crippen LogP contribution in [-0.2, 0) is 4.79 Å². The van der Waals surface area contributed by atoms with Crippen molar-refractivity contribution in [2.75, 3.05) is 7.11 Å². The van der Waals surface area contributed by atoms with Crippen LogP contribution in [0.2, 0.25) is 5.02 Å². The number of rotatable bonds is 3. The van der Waals surface area contributed by atoms with E-state index >= 15 is 0 Å². The number of thioether (sulfide) groups is 1. The van der Waals surface area contributed by atoms with Crippen molar-refractivity contribution in [2.45, 2.75) is 6.92 Å². The van der Waals surface area contributed by atoms with Gasteiger partial charge in [-0.3, -0.25) is 4.79 Å². The van der Waals surface area contributed by atoms with E-state index in [9.17, 15) is 4.79 Å². The number of nitrogens with one attached hydrogen (secondary N) is 1. The molecule has 7 heteroatoms. The number of carbonyl (C=O) groups is 1. The highest BCUT2D eigenvalue weighted by Gasteiger charge is 2.24. The smallest absolute Gasteiger partial charge is 0.264 e. The third-order valence-corrected chi connectivity index (χ3v) is 5.20. The second-order valence-electron chi connectivity index (χ2n) is 5.31. The number of hydrogen-bond donors (Lipinski definition) is 1. The fraction of sp³-hybridized carbons (Fsp3) is 0.111. The van der Waals surface area contributed by atoms with Gasteiger partial charge >= 0.3 is 0 Å². The first-order chi connectivity index (χ1) is 12.0. The maximum absolute atomic E-state index is 12.2. The van der Waals surface area contributed by atoms with Gasteiger partial charge in [-0.25, -0.2) is 4.99 Å². The molecule has 0 bridgehead atoms. The van der Waals surface area contributed by atoms with Crippen LogP contribution in [0, 0.1) is 6.92 Å². The number of aliphatic imine (C=N–C) groups is 1. The zero-order valence-electron chi connectivity index (χ0n) is 13.5. The monoisotopic (exact) mass is 436 g/mol. The predicted molar refractivity (Wildman–Crippen MR) is 108 cm³/mol. The molecule has 0 aromatic heterocycles. The molecule has 1 aliphatic heterocycles. The van der Waals surface area contributed by atoms with Gasteiger partial charge in [0.2, 0.25) is 0 Å². The molecule has 0 spiro atoms. The van der Waals surface area contributed by atoms with Crippen molar-refractivity contribution >= 4 is 62.1 Å². The van der Waals surface area contributed by atoms with Crippen LogP contribution in [0.3, 0.4) is 0 Å². The Labute approximate surface area is 163 Å². The summed E-state index contributed by atoms with van der Waals surface area (Å²) in [4.78, 5) is 17.3. The number of benzene rings is 2. The topological polar surface area (TPSA) is 50.7 Å². The van der Waals surface area contributed by atoms with Crippen molar-refractivity contribution in [1.82, 2.24) is 5.32 Å². The zero-order valence-corrected chi connectivity index (χ0v) is 16.6. The van der Waals surface area contributed by atoms with E-state index in [0.29, 0.717) is 20.8 Å². The number of nitrogens with zero attached hydrogens (tertiary/aromatic N) is 1. The van der Waals surface area contributed by atoms with Crippen LogP contribution >= 0.6 is 39.3 Å². The minimum atomic E-state index is -0.176. The van der Waals surface area contributed by atoms with Gasteiger partial charge in [0, 0.05) is 4.47 Å². The number of hydrogen-bond acceptors (Lipinski definition) is 4. The lowest BCUT2D eigenvalue weighted by Gasteiger charge is -2.03. The van der Waals surface area contributed by atoms with E-state index in [1.54, 1.807) is 25.3 Å². The molecule has 128 valence electrons. The van der Waals surface area contributed by atoms with Crippen molar-refractivity contribution in [1.29, 1.82) is 0 Å². The van der Waals surface area contributed by atoms with Gasteiger partial charge in [0.25, 0.3) is 5.91 Å². The Balaban J connectivity index is 1.84. The van der Waals surface area contributed by atoms with Crippen LogP contribution in [-0.4, -0.2) is 18.2 Å². The van der Waals surface area contributed by atoms with Gasteiger partial charge < -0.3 is 10.1 Å². The predicted octanol–water partition coefficient (Wildman–Crippen LogP) is 5.31. The summed E-state index contributed by atoms with van der Waals surface area (Å²) >= 11 is 10.9. The molecule has 25 heavy (non-hydrogen) atoms. The fourth-order valence-corrected chi connectivity index (χ4v) is 3.83. The van der Waals surface area contributed by atoms with Crippen LogP contribution in [0.4, 0.5) is 5.69 Å². The maximum atomic E-state index is 12.2. The average Bonchev–Trinajstić information content (AvgIpc) is 2.90. The van der Waals surface area contributed by atoms with Crippen molar-refractivity contribution in [3.05, 3.63) is 61.9 Å². The lowest BCUT2D eigenvalue weighted by atomic mass is 10.2. The van der Waals surface area contributed by atoms with Crippen LogP contribution < -0.4 is 10.1 Å². The van der Waals surface area contributed by atoms with Gasteiger partial charge in [0.05, 0.1) is 22.7 Å². The van der Waals surface area contributed by atoms with Gasteiger partial charge in [-0.15, -0.1) is 0 Å². The first-order valence-corrected chi connectivity index (χ1v) is 9.34. The van der Waals surface area contributed by atoms with Crippen LogP contribution in [0.15, 0.2) is 50.8 Å². The quantitative estimate of drug-likeness (QED) is 0.662. The molecular formula is C18H14BrClN2O2S. The Morgan fingerprint density at radius 3 is 2.76 bits per heavy atom. The third kappa shape index (κ3) is 4.26. The lowest BCUT2D eigenvalue weighted by Crippen LogP contribution is -2.19. The van der Waals surface area contributed by atoms with Crippen LogP contribution in [0.25, 0.3) is 6.08 Å². The van der Waals surface area contributed by atoms with Crippen molar-refractivity contribution in [3.8, 4) is 5.75 Å². The largest absolute Gasteiger partial charge is 0.495 e. The summed E-state index contributed by atoms with van der Waals surface area (Å²) in [7, 11) is 1.56. The van der Waals surface area contributed by atoms with E-state index in [1.807, 2.05) is 31.2 Å². The van der Waals surface area contributed by atoms with E-state index in [1.165, 1.54) is 11.8 Å². The molecule has 1 aliphatic rings. The molecule has 1 saturated heterocycles. The normalized spacial score (nSPS) is 17.2. The highest BCUT2D eigenvalue weighted by atomic mass is 79.9. The first-order valence-electron chi connectivity index (χ1n) is 7.35. The molecule has 0 aliphatic carbocycles. The first kappa shape index (κ1) is 18.0. The Hall–Kier alpha value is -1.76. The van der Waals surface area contributed by atoms with E-state index in [-0.39, 0.29) is 5.91 Å². The lowest BCUT2D eigenvalue weighted by molar-refractivity contribution is -0.115. The van der Waals surface area contributed by atoms with Crippen LogP contribution in [0.1, 0.15) is 11.1 Å². The molecule has 1 heterocycles. The van der Waals surface area contributed by atoms with Gasteiger partial charge in [0.1, 0.15) is 5.75 Å². The summed E-state index contributed by atoms with van der Waals surface area (Å²) in [5.41, 5.74) is 2.67. The van der Waals surface area contributed by atoms with Gasteiger partial charge in [-0.05, 0) is 66.2 Å². The summed E-state index contributed by atoms with van der Waals surface area (Å²) in [6, 6.07) is 11.2. The molecule has 0 radical (unpaired) electrons. The molecule has 1 amide bonds. The highest BCUT2D eigenvalue weighted by Crippen LogP contribution is 2.31. The second-order valence-corrected chi connectivity index (χ2v) is 7.66. The van der Waals surface area contributed by atoms with Gasteiger partial charge in [-0.1, -0.05) is 33.6 Å². The Bertz CT molecular complexity index is 912. The Morgan fingerprint density at radius 1 is 1.28 bits per heavy atom. The SMILES string of the molecule is COc1ccc(/C=C2/SC(=Nc3ccc(Br)cc3C)NC2=O)cc1Cl. The number of carbonyl (C=O) groups excluding carboxylic acids is 1. The van der Waals surface area contributed by atoms with E-state index in [2.05, 4.69) is 26.2 Å². The van der Waals surface area contributed by atoms with E-state index in [4.69, 9.17) is 16.3 Å². The highest BCUT2D eigenvalue weighted by molar-refractivity contribution is 9.10. The molecule has 0 saturated carbocycles. The minimum absolute atomic E-state index is 0.176. The summed E-state index contributed by atoms with van der Waals surface area (Å²) in [5.74, 6) is 0.422. The zero-order chi connectivity index (χ0) is 18.0. The Morgan fingerprint density at radius 2 is 2.08 bits per heavy atom. The molecule has 0 unspecified atom stereocenters. The fourth-order valence-electron chi connectivity index (χ4n) is 2.26. The summed E-state index contributed by atoms with van der Waals surface area (Å²) in [6.45, 7) is 1.97. The summed E-state index contributed by atoms with van der Waals surface area (Å²) in [5, 5.41) is 3.84. The molecule has 0 atom stereocenters. The van der Waals surface area contributed by atoms with E-state index < -0.39 is 0 Å². The standard InChI is InChI=1S/C18H14BrClN2O2S/c1-10-7-12(19)4-5-14(10)21-18-22-17(23)16(25-18)9-11-3-6-15(24-2)13(20)8-11/h3-9H,1-2H3,(H,21,22,23)/b16-9+. The second kappa shape index (κ2) is 7.64. The van der Waals surface area contributed by atoms with Gasteiger partial charge in [-0.2, -0.15) is 0 Å². The molecule has 1 fully saturated rings. The molecule has 2 aromatic carbocycles. The van der Waals surface area contributed by atoms with E-state index in [0.717, 1.165) is 21.3 Å². The van der Waals surface area contributed by atoms with Crippen LogP contribution in [0.5, 0.6) is 5.75 Å². The molecule has 1 N–H and O–H groups in total. The van der Waals surface area contributed by atoms with Gasteiger partial charge in [0.15, 0.2) is 5.17 Å². The Kier molecular flexibility index (Phi) is 5.51. The summed E-state index contributed by atoms with van der Waals surface area (Å²) in [6.07, 6.45) is 1.78. The number of ether oxygens (including phenoxy) is 1. The average molecular weight is 438 g/mol. The number of amidine groups is 1. The minimum Gasteiger partial charge on any atom is -0.495 e. The number of halogens is 2. The van der Waals surface area contributed by atoms with Crippen molar-refractivity contribution in [2.24, 2.45) is 4.99 Å². The molecule has 4 nitrogen and oxygen atoms in total. The third-order valence-electron chi connectivity index (χ3n) is 3.51.